The number of hydrogen-bond donors (Lipinski definition) is 2. The first-order valence-corrected chi connectivity index (χ1v) is 10.3. The molecule has 0 saturated carbocycles. The largest absolute Gasteiger partial charge is 0.348 e. The number of rotatable bonds is 3. The molecule has 2 atom stereocenters. The number of likely N-dealkylation sites (tertiary alicyclic amines) is 1. The number of aromatic amines is 1. The van der Waals surface area contributed by atoms with Gasteiger partial charge < -0.3 is 10.2 Å². The summed E-state index contributed by atoms with van der Waals surface area (Å²) >= 11 is 12.0. The number of nitrogens with one attached hydrogen (secondary N) is 2. The van der Waals surface area contributed by atoms with Crippen molar-refractivity contribution in [3.05, 3.63) is 61.6 Å². The molecule has 2 aromatic heterocycles. The van der Waals surface area contributed by atoms with Crippen LogP contribution in [0, 0.1) is 17.7 Å². The first-order chi connectivity index (χ1) is 14.4. The maximum absolute atomic E-state index is 14.5. The smallest absolute Gasteiger partial charge is 0.338 e. The average Bonchev–Trinajstić information content (AvgIpc) is 3.40. The van der Waals surface area contributed by atoms with E-state index in [9.17, 15) is 14.0 Å². The Balaban J connectivity index is 1.45. The molecule has 3 aromatic rings. The lowest BCUT2D eigenvalue weighted by atomic mass is 10.0. The van der Waals surface area contributed by atoms with Gasteiger partial charge in [-0.25, -0.2) is 23.7 Å². The minimum Gasteiger partial charge on any atom is -0.338 e. The van der Waals surface area contributed by atoms with Gasteiger partial charge >= 0.3 is 5.69 Å². The zero-order chi connectivity index (χ0) is 21.0. The van der Waals surface area contributed by atoms with Crippen LogP contribution in [0.3, 0.4) is 0 Å². The van der Waals surface area contributed by atoms with Gasteiger partial charge in [-0.2, -0.15) is 5.10 Å². The third kappa shape index (κ3) is 3.17. The Bertz CT molecular complexity index is 1210. The molecule has 2 N–H and O–H groups in total. The van der Waals surface area contributed by atoms with Crippen LogP contribution in [-0.2, 0) is 6.42 Å². The topological polar surface area (TPSA) is 95.4 Å². The monoisotopic (exact) mass is 450 g/mol. The molecule has 5 rings (SSSR count). The molecule has 11 heteroatoms. The molecule has 0 spiro atoms. The lowest BCUT2D eigenvalue weighted by molar-refractivity contribution is 0.0777. The van der Waals surface area contributed by atoms with Gasteiger partial charge in [0.25, 0.3) is 5.91 Å². The first-order valence-electron chi connectivity index (χ1n) is 9.52. The zero-order valence-corrected chi connectivity index (χ0v) is 17.2. The Kier molecular flexibility index (Phi) is 4.76. The Morgan fingerprint density at radius 3 is 2.70 bits per heavy atom. The maximum atomic E-state index is 14.5. The minimum atomic E-state index is -0.567. The van der Waals surface area contributed by atoms with Crippen LogP contribution in [0.5, 0.6) is 0 Å². The van der Waals surface area contributed by atoms with Gasteiger partial charge in [0.05, 0.1) is 5.56 Å². The zero-order valence-electron chi connectivity index (χ0n) is 15.7. The fourth-order valence-corrected chi connectivity index (χ4v) is 4.68. The number of hydrogen-bond acceptors (Lipinski definition) is 5. The van der Waals surface area contributed by atoms with Gasteiger partial charge in [0.1, 0.15) is 11.5 Å². The summed E-state index contributed by atoms with van der Waals surface area (Å²) < 4.78 is 15.6. The fraction of sp³-hybridized carbons (Fsp3) is 0.368. The van der Waals surface area contributed by atoms with E-state index in [2.05, 4.69) is 20.5 Å². The van der Waals surface area contributed by atoms with Gasteiger partial charge in [-0.3, -0.25) is 4.79 Å². The van der Waals surface area contributed by atoms with E-state index in [1.807, 2.05) is 0 Å². The fourth-order valence-electron chi connectivity index (χ4n) is 4.32. The standard InChI is InChI=1S/C19H17Cl2FN6O2/c20-15-16(21)28-17(24-15)14(25-26-19(28)30)4-9-1-2-13(22)12(3-9)18(29)27-7-10-5-23-6-11(10)8-27/h1-3,10-11,23H,4-8H2,(H,26,30). The SMILES string of the molecule is O=C(c1cc(Cc2n[nH]c(=O)n3c(Cl)c(Cl)nc23)ccc1F)N1CC2CNCC2C1. The molecule has 2 aliphatic rings. The van der Waals surface area contributed by atoms with Gasteiger partial charge in [0.15, 0.2) is 16.0 Å². The van der Waals surface area contributed by atoms with E-state index in [0.29, 0.717) is 36.2 Å². The predicted molar refractivity (Wildman–Crippen MR) is 109 cm³/mol. The summed E-state index contributed by atoms with van der Waals surface area (Å²) in [6.45, 7) is 3.04. The molecule has 0 radical (unpaired) electrons. The third-order valence-electron chi connectivity index (χ3n) is 5.84. The summed E-state index contributed by atoms with van der Waals surface area (Å²) in [5.41, 5.74) is 0.723. The average molecular weight is 451 g/mol. The van der Waals surface area contributed by atoms with Gasteiger partial charge in [0, 0.05) is 32.6 Å². The number of fused-ring (bicyclic) bond motifs is 2. The summed E-state index contributed by atoms with van der Waals surface area (Å²) in [5, 5.41) is 9.69. The number of carbonyl (C=O) groups is 1. The number of benzene rings is 1. The minimum absolute atomic E-state index is 0.0133. The van der Waals surface area contributed by atoms with E-state index in [0.717, 1.165) is 17.5 Å². The van der Waals surface area contributed by atoms with Crippen LogP contribution in [0.25, 0.3) is 5.65 Å². The van der Waals surface area contributed by atoms with Gasteiger partial charge in [0.2, 0.25) is 0 Å². The highest BCUT2D eigenvalue weighted by Crippen LogP contribution is 2.28. The van der Waals surface area contributed by atoms with Crippen molar-refractivity contribution < 1.29 is 9.18 Å². The Morgan fingerprint density at radius 2 is 1.97 bits per heavy atom. The summed E-state index contributed by atoms with van der Waals surface area (Å²) in [6, 6.07) is 4.37. The Morgan fingerprint density at radius 1 is 1.23 bits per heavy atom. The van der Waals surface area contributed by atoms with Gasteiger partial charge in [-0.1, -0.05) is 29.3 Å². The van der Waals surface area contributed by atoms with E-state index in [-0.39, 0.29) is 33.8 Å². The number of amides is 1. The Labute approximate surface area is 180 Å². The van der Waals surface area contributed by atoms with E-state index in [1.54, 1.807) is 11.0 Å². The van der Waals surface area contributed by atoms with Crippen LogP contribution in [0.4, 0.5) is 4.39 Å². The molecule has 2 unspecified atom stereocenters. The molecule has 2 aliphatic heterocycles. The number of aromatic nitrogens is 4. The second kappa shape index (κ2) is 7.33. The molecule has 4 heterocycles. The third-order valence-corrected chi connectivity index (χ3v) is 6.55. The van der Waals surface area contributed by atoms with Crippen LogP contribution >= 0.6 is 23.2 Å². The maximum Gasteiger partial charge on any atom is 0.348 e. The number of halogens is 3. The highest BCUT2D eigenvalue weighted by atomic mass is 35.5. The van der Waals surface area contributed by atoms with Crippen molar-refractivity contribution in [2.75, 3.05) is 26.2 Å². The number of imidazole rings is 1. The molecular weight excluding hydrogens is 434 g/mol. The van der Waals surface area contributed by atoms with Crippen LogP contribution < -0.4 is 11.0 Å². The highest BCUT2D eigenvalue weighted by molar-refractivity contribution is 6.40. The van der Waals surface area contributed by atoms with E-state index >= 15 is 0 Å². The first kappa shape index (κ1) is 19.5. The van der Waals surface area contributed by atoms with E-state index in [4.69, 9.17) is 23.2 Å². The molecule has 2 fully saturated rings. The predicted octanol–water partition coefficient (Wildman–Crippen LogP) is 1.75. The molecule has 8 nitrogen and oxygen atoms in total. The second-order valence-electron chi connectivity index (χ2n) is 7.71. The normalized spacial score (nSPS) is 20.8. The van der Waals surface area contributed by atoms with Crippen molar-refractivity contribution in [1.82, 2.24) is 29.8 Å². The number of H-pyrrole nitrogens is 1. The molecule has 1 amide bonds. The van der Waals surface area contributed by atoms with Gasteiger partial charge in [-0.15, -0.1) is 0 Å². The summed E-state index contributed by atoms with van der Waals surface area (Å²) in [5.74, 6) is -0.0249. The number of carbonyl (C=O) groups excluding carboxylic acids is 1. The highest BCUT2D eigenvalue weighted by Gasteiger charge is 2.38. The van der Waals surface area contributed by atoms with Crippen molar-refractivity contribution in [2.45, 2.75) is 6.42 Å². The summed E-state index contributed by atoms with van der Waals surface area (Å²) in [4.78, 5) is 30.8. The van der Waals surface area contributed by atoms with Crippen LogP contribution in [0.2, 0.25) is 10.3 Å². The Hall–Kier alpha value is -2.49. The molecule has 156 valence electrons. The lowest BCUT2D eigenvalue weighted by Crippen LogP contribution is -2.32. The van der Waals surface area contributed by atoms with Crippen LogP contribution in [0.1, 0.15) is 21.6 Å². The van der Waals surface area contributed by atoms with Crippen molar-refractivity contribution in [2.24, 2.45) is 11.8 Å². The molecule has 0 bridgehead atoms. The quantitative estimate of drug-likeness (QED) is 0.633. The summed E-state index contributed by atoms with van der Waals surface area (Å²) in [7, 11) is 0. The van der Waals surface area contributed by atoms with E-state index in [1.165, 1.54) is 12.1 Å². The van der Waals surface area contributed by atoms with Crippen LogP contribution in [0.15, 0.2) is 23.0 Å². The second-order valence-corrected chi connectivity index (χ2v) is 8.42. The molecule has 0 aliphatic carbocycles. The van der Waals surface area contributed by atoms with Crippen molar-refractivity contribution in [3.8, 4) is 0 Å². The van der Waals surface area contributed by atoms with Crippen LogP contribution in [-0.4, -0.2) is 56.6 Å². The molecule has 30 heavy (non-hydrogen) atoms. The lowest BCUT2D eigenvalue weighted by Gasteiger charge is -2.18. The molecular formula is C19H17Cl2FN6O2. The van der Waals surface area contributed by atoms with Crippen molar-refractivity contribution >= 4 is 34.8 Å². The van der Waals surface area contributed by atoms with Gasteiger partial charge in [-0.05, 0) is 29.5 Å². The van der Waals surface area contributed by atoms with Crippen molar-refractivity contribution in [1.29, 1.82) is 0 Å². The molecule has 2 saturated heterocycles. The van der Waals surface area contributed by atoms with Crippen molar-refractivity contribution in [3.63, 3.8) is 0 Å². The summed E-state index contributed by atoms with van der Waals surface area (Å²) in [6.07, 6.45) is 0.208. The van der Waals surface area contributed by atoms with E-state index < -0.39 is 11.5 Å². The molecule has 1 aromatic carbocycles. The number of nitrogens with zero attached hydrogens (tertiary/aromatic N) is 4.